The van der Waals surface area contributed by atoms with Crippen molar-refractivity contribution in [2.24, 2.45) is 0 Å². The summed E-state index contributed by atoms with van der Waals surface area (Å²) in [5.41, 5.74) is 1.19. The Morgan fingerprint density at radius 1 is 1.37 bits per heavy atom. The van der Waals surface area contributed by atoms with Crippen LogP contribution >= 0.6 is 0 Å². The van der Waals surface area contributed by atoms with E-state index in [1.54, 1.807) is 19.1 Å². The lowest BCUT2D eigenvalue weighted by Gasteiger charge is -2.02. The Balaban J connectivity index is 1.63. The van der Waals surface area contributed by atoms with E-state index in [4.69, 9.17) is 4.42 Å². The van der Waals surface area contributed by atoms with Crippen molar-refractivity contribution in [1.29, 1.82) is 0 Å². The van der Waals surface area contributed by atoms with Crippen LogP contribution in [-0.2, 0) is 6.54 Å². The monoisotopic (exact) mass is 262 g/mol. The van der Waals surface area contributed by atoms with E-state index in [-0.39, 0.29) is 11.8 Å². The van der Waals surface area contributed by atoms with E-state index < -0.39 is 0 Å². The van der Waals surface area contributed by atoms with Gasteiger partial charge in [0, 0.05) is 11.7 Å². The molecule has 0 unspecified atom stereocenters. The third-order valence-corrected chi connectivity index (χ3v) is 3.01. The maximum atomic E-state index is 13.4. The van der Waals surface area contributed by atoms with Crippen LogP contribution in [0.2, 0.25) is 0 Å². The SMILES string of the molecule is Cc1ccc(Nc2nnc(CNC3CC3)o2)cc1F. The molecule has 1 heterocycles. The van der Waals surface area contributed by atoms with Gasteiger partial charge in [-0.15, -0.1) is 5.10 Å². The zero-order chi connectivity index (χ0) is 13.2. The third kappa shape index (κ3) is 3.08. The van der Waals surface area contributed by atoms with Crippen molar-refractivity contribution in [2.45, 2.75) is 32.4 Å². The standard InChI is InChI=1S/C13H15FN4O/c1-8-2-3-10(6-11(8)14)16-13-18-17-12(19-13)7-15-9-4-5-9/h2-3,6,9,15H,4-5,7H2,1H3,(H,16,18). The summed E-state index contributed by atoms with van der Waals surface area (Å²) < 4.78 is 18.8. The van der Waals surface area contributed by atoms with Gasteiger partial charge in [0.2, 0.25) is 5.89 Å². The lowest BCUT2D eigenvalue weighted by Crippen LogP contribution is -2.15. The maximum absolute atomic E-state index is 13.4. The first kappa shape index (κ1) is 12.1. The number of halogens is 1. The second kappa shape index (κ2) is 4.97. The fraction of sp³-hybridized carbons (Fsp3) is 0.385. The van der Waals surface area contributed by atoms with Crippen LogP contribution in [0.4, 0.5) is 16.1 Å². The van der Waals surface area contributed by atoms with E-state index in [0.29, 0.717) is 29.7 Å². The topological polar surface area (TPSA) is 63.0 Å². The molecule has 1 aliphatic carbocycles. The molecule has 2 aromatic rings. The summed E-state index contributed by atoms with van der Waals surface area (Å²) in [4.78, 5) is 0. The predicted molar refractivity (Wildman–Crippen MR) is 68.6 cm³/mol. The summed E-state index contributed by atoms with van der Waals surface area (Å²) in [6.07, 6.45) is 2.42. The average Bonchev–Trinajstić information content (AvgIpc) is 3.12. The molecule has 0 saturated heterocycles. The Morgan fingerprint density at radius 3 is 2.95 bits per heavy atom. The first-order valence-electron chi connectivity index (χ1n) is 6.29. The Kier molecular flexibility index (Phi) is 3.16. The number of aromatic nitrogens is 2. The molecule has 0 spiro atoms. The first-order valence-corrected chi connectivity index (χ1v) is 6.29. The zero-order valence-electron chi connectivity index (χ0n) is 10.6. The van der Waals surface area contributed by atoms with Gasteiger partial charge in [-0.1, -0.05) is 11.2 Å². The number of hydrogen-bond donors (Lipinski definition) is 2. The molecule has 1 fully saturated rings. The molecule has 0 aliphatic heterocycles. The van der Waals surface area contributed by atoms with Gasteiger partial charge in [-0.05, 0) is 37.5 Å². The molecule has 1 aromatic carbocycles. The lowest BCUT2D eigenvalue weighted by atomic mass is 10.2. The Bertz CT molecular complexity index is 580. The highest BCUT2D eigenvalue weighted by atomic mass is 19.1. The summed E-state index contributed by atoms with van der Waals surface area (Å²) >= 11 is 0. The van der Waals surface area contributed by atoms with Crippen LogP contribution in [0.5, 0.6) is 0 Å². The summed E-state index contributed by atoms with van der Waals surface area (Å²) in [7, 11) is 0. The second-order valence-electron chi connectivity index (χ2n) is 4.75. The maximum Gasteiger partial charge on any atom is 0.320 e. The molecular weight excluding hydrogens is 247 g/mol. The molecule has 2 N–H and O–H groups in total. The molecule has 19 heavy (non-hydrogen) atoms. The molecule has 100 valence electrons. The Hall–Kier alpha value is -1.95. The van der Waals surface area contributed by atoms with Crippen molar-refractivity contribution in [3.63, 3.8) is 0 Å². The van der Waals surface area contributed by atoms with Crippen LogP contribution in [0.25, 0.3) is 0 Å². The number of benzene rings is 1. The van der Waals surface area contributed by atoms with Crippen molar-refractivity contribution in [3.05, 3.63) is 35.5 Å². The molecule has 1 aromatic heterocycles. The smallest absolute Gasteiger partial charge is 0.320 e. The second-order valence-corrected chi connectivity index (χ2v) is 4.75. The number of hydrogen-bond acceptors (Lipinski definition) is 5. The number of aryl methyl sites for hydroxylation is 1. The quantitative estimate of drug-likeness (QED) is 0.867. The predicted octanol–water partition coefficient (Wildman–Crippen LogP) is 2.51. The molecule has 1 saturated carbocycles. The van der Waals surface area contributed by atoms with Crippen LogP contribution in [0.15, 0.2) is 22.6 Å². The average molecular weight is 262 g/mol. The molecule has 1 aliphatic rings. The van der Waals surface area contributed by atoms with E-state index in [1.165, 1.54) is 18.9 Å². The fourth-order valence-corrected chi connectivity index (χ4v) is 1.69. The molecule has 0 amide bonds. The number of rotatable bonds is 5. The van der Waals surface area contributed by atoms with Gasteiger partial charge < -0.3 is 15.1 Å². The molecule has 3 rings (SSSR count). The normalized spacial score (nSPS) is 14.6. The molecule has 0 radical (unpaired) electrons. The van der Waals surface area contributed by atoms with Gasteiger partial charge in [0.1, 0.15) is 5.82 Å². The lowest BCUT2D eigenvalue weighted by molar-refractivity contribution is 0.478. The van der Waals surface area contributed by atoms with Crippen molar-refractivity contribution in [2.75, 3.05) is 5.32 Å². The van der Waals surface area contributed by atoms with Gasteiger partial charge in [-0.2, -0.15) is 0 Å². The molecule has 6 heteroatoms. The van der Waals surface area contributed by atoms with Crippen LogP contribution in [0, 0.1) is 12.7 Å². The fourth-order valence-electron chi connectivity index (χ4n) is 1.69. The minimum Gasteiger partial charge on any atom is -0.406 e. The van der Waals surface area contributed by atoms with Crippen LogP contribution in [0.1, 0.15) is 24.3 Å². The molecule has 0 atom stereocenters. The number of nitrogens with zero attached hydrogens (tertiary/aromatic N) is 2. The van der Waals surface area contributed by atoms with E-state index in [0.717, 1.165) is 0 Å². The minimum absolute atomic E-state index is 0.264. The van der Waals surface area contributed by atoms with Gasteiger partial charge in [0.05, 0.1) is 6.54 Å². The van der Waals surface area contributed by atoms with Gasteiger partial charge in [-0.25, -0.2) is 4.39 Å². The summed E-state index contributed by atoms with van der Waals surface area (Å²) in [5, 5.41) is 14.0. The van der Waals surface area contributed by atoms with E-state index >= 15 is 0 Å². The highest BCUT2D eigenvalue weighted by molar-refractivity contribution is 5.52. The van der Waals surface area contributed by atoms with Crippen molar-refractivity contribution in [1.82, 2.24) is 15.5 Å². The van der Waals surface area contributed by atoms with Crippen molar-refractivity contribution < 1.29 is 8.81 Å². The Morgan fingerprint density at radius 2 is 2.21 bits per heavy atom. The van der Waals surface area contributed by atoms with Gasteiger partial charge in [-0.3, -0.25) is 0 Å². The van der Waals surface area contributed by atoms with E-state index in [9.17, 15) is 4.39 Å². The third-order valence-electron chi connectivity index (χ3n) is 3.01. The largest absolute Gasteiger partial charge is 0.406 e. The molecular formula is C13H15FN4O. The number of nitrogens with one attached hydrogen (secondary N) is 2. The van der Waals surface area contributed by atoms with Crippen molar-refractivity contribution >= 4 is 11.7 Å². The summed E-state index contributed by atoms with van der Waals surface area (Å²) in [6, 6.07) is 5.74. The van der Waals surface area contributed by atoms with Gasteiger partial charge >= 0.3 is 6.01 Å². The first-order chi connectivity index (χ1) is 9.20. The molecule has 0 bridgehead atoms. The van der Waals surface area contributed by atoms with Crippen LogP contribution in [0.3, 0.4) is 0 Å². The molecule has 5 nitrogen and oxygen atoms in total. The van der Waals surface area contributed by atoms with Gasteiger partial charge in [0.15, 0.2) is 0 Å². The number of anilines is 2. The van der Waals surface area contributed by atoms with Gasteiger partial charge in [0.25, 0.3) is 0 Å². The van der Waals surface area contributed by atoms with Crippen LogP contribution < -0.4 is 10.6 Å². The van der Waals surface area contributed by atoms with Crippen LogP contribution in [-0.4, -0.2) is 16.2 Å². The summed E-state index contributed by atoms with van der Waals surface area (Å²) in [5.74, 6) is 0.266. The van der Waals surface area contributed by atoms with Crippen molar-refractivity contribution in [3.8, 4) is 0 Å². The van der Waals surface area contributed by atoms with E-state index in [1.807, 2.05) is 0 Å². The summed E-state index contributed by atoms with van der Waals surface area (Å²) in [6.45, 7) is 2.29. The Labute approximate surface area is 110 Å². The minimum atomic E-state index is -0.264. The highest BCUT2D eigenvalue weighted by Crippen LogP contribution is 2.20. The zero-order valence-corrected chi connectivity index (χ0v) is 10.6. The van der Waals surface area contributed by atoms with E-state index in [2.05, 4.69) is 20.8 Å². The highest BCUT2D eigenvalue weighted by Gasteiger charge is 2.21.